The molecule has 0 radical (unpaired) electrons. The van der Waals surface area contributed by atoms with Crippen molar-refractivity contribution in [2.45, 2.75) is 25.7 Å². The summed E-state index contributed by atoms with van der Waals surface area (Å²) in [6.45, 7) is 7.90. The van der Waals surface area contributed by atoms with Crippen molar-refractivity contribution in [3.8, 4) is 11.8 Å². The number of ether oxygens (including phenoxy) is 2. The average Bonchev–Trinajstić information content (AvgIpc) is 2.08. The van der Waals surface area contributed by atoms with E-state index in [9.17, 15) is 4.79 Å². The van der Waals surface area contributed by atoms with Gasteiger partial charge in [-0.2, -0.15) is 0 Å². The van der Waals surface area contributed by atoms with Gasteiger partial charge in [0.25, 0.3) is 0 Å². The van der Waals surface area contributed by atoms with Crippen LogP contribution in [0, 0.1) is 11.8 Å². The van der Waals surface area contributed by atoms with E-state index < -0.39 is 14.0 Å². The Morgan fingerprint density at radius 1 is 1.36 bits per heavy atom. The summed E-state index contributed by atoms with van der Waals surface area (Å²) in [5.41, 5.74) is 0. The minimum absolute atomic E-state index is 0.305. The van der Waals surface area contributed by atoms with Gasteiger partial charge in [-0.1, -0.05) is 25.6 Å². The van der Waals surface area contributed by atoms with Crippen LogP contribution in [0.4, 0.5) is 0 Å². The normalized spacial score (nSPS) is 10.3. The summed E-state index contributed by atoms with van der Waals surface area (Å²) in [6.07, 6.45) is 0. The Morgan fingerprint density at radius 2 is 2.00 bits per heavy atom. The van der Waals surface area contributed by atoms with E-state index in [1.165, 1.54) is 7.11 Å². The third-order valence-corrected chi connectivity index (χ3v) is 3.25. The van der Waals surface area contributed by atoms with Crippen molar-refractivity contribution in [3.05, 3.63) is 0 Å². The van der Waals surface area contributed by atoms with Gasteiger partial charge in [0.1, 0.15) is 6.61 Å². The van der Waals surface area contributed by atoms with Gasteiger partial charge < -0.3 is 9.47 Å². The highest BCUT2D eigenvalue weighted by molar-refractivity contribution is 6.76. The van der Waals surface area contributed by atoms with E-state index in [0.717, 1.165) is 12.7 Å². The minimum Gasteiger partial charge on any atom is -0.459 e. The number of esters is 1. The highest BCUT2D eigenvalue weighted by atomic mass is 28.3. The van der Waals surface area contributed by atoms with E-state index in [4.69, 9.17) is 4.74 Å². The van der Waals surface area contributed by atoms with Crippen LogP contribution in [0.15, 0.2) is 0 Å². The summed E-state index contributed by atoms with van der Waals surface area (Å²) >= 11 is 0. The molecule has 0 heterocycles. The maximum atomic E-state index is 10.6. The summed E-state index contributed by atoms with van der Waals surface area (Å²) in [5, 5.41) is 0. The van der Waals surface area contributed by atoms with Gasteiger partial charge in [-0.05, 0) is 6.04 Å². The first-order valence-electron chi connectivity index (χ1n) is 4.60. The lowest BCUT2D eigenvalue weighted by molar-refractivity contribution is -0.133. The fourth-order valence-corrected chi connectivity index (χ4v) is 1.42. The first-order chi connectivity index (χ1) is 6.45. The molecule has 0 aliphatic heterocycles. The predicted octanol–water partition coefficient (Wildman–Crippen LogP) is 1.52. The van der Waals surface area contributed by atoms with Crippen molar-refractivity contribution in [2.75, 3.05) is 20.3 Å². The van der Waals surface area contributed by atoms with Crippen molar-refractivity contribution >= 4 is 14.0 Å². The molecule has 0 aromatic carbocycles. The van der Waals surface area contributed by atoms with E-state index in [2.05, 4.69) is 36.2 Å². The molecule has 4 heteroatoms. The molecule has 0 atom stereocenters. The molecule has 0 N–H and O–H groups in total. The first-order valence-corrected chi connectivity index (χ1v) is 8.31. The Kier molecular flexibility index (Phi) is 6.25. The number of carbonyl (C=O) groups is 1. The lowest BCUT2D eigenvalue weighted by Crippen LogP contribution is -2.21. The van der Waals surface area contributed by atoms with E-state index >= 15 is 0 Å². The fraction of sp³-hybridized carbons (Fsp3) is 0.700. The van der Waals surface area contributed by atoms with Crippen LogP contribution in [0.2, 0.25) is 25.7 Å². The van der Waals surface area contributed by atoms with Crippen LogP contribution in [-0.2, 0) is 14.3 Å². The molecule has 0 aromatic heterocycles. The van der Waals surface area contributed by atoms with Gasteiger partial charge in [0.05, 0.1) is 7.11 Å². The highest BCUT2D eigenvalue weighted by Gasteiger charge is 2.11. The molecule has 14 heavy (non-hydrogen) atoms. The molecule has 0 unspecified atom stereocenters. The first kappa shape index (κ1) is 13.2. The van der Waals surface area contributed by atoms with E-state index in [0.29, 0.717) is 6.61 Å². The monoisotopic (exact) mass is 214 g/mol. The summed E-state index contributed by atoms with van der Waals surface area (Å²) in [4.78, 5) is 10.6. The Hall–Kier alpha value is -0.793. The molecule has 0 aliphatic rings. The quantitative estimate of drug-likeness (QED) is 0.234. The van der Waals surface area contributed by atoms with Gasteiger partial charge in [0.15, 0.2) is 0 Å². The zero-order valence-electron chi connectivity index (χ0n) is 9.35. The fourth-order valence-electron chi connectivity index (χ4n) is 0.661. The van der Waals surface area contributed by atoms with E-state index in [-0.39, 0.29) is 0 Å². The highest BCUT2D eigenvalue weighted by Crippen LogP contribution is 2.06. The molecule has 0 aliphatic carbocycles. The van der Waals surface area contributed by atoms with Gasteiger partial charge in [-0.25, -0.2) is 4.79 Å². The second-order valence-corrected chi connectivity index (χ2v) is 9.78. The molecule has 3 nitrogen and oxygen atoms in total. The Balaban J connectivity index is 3.46. The Labute approximate surface area is 86.8 Å². The van der Waals surface area contributed by atoms with Crippen molar-refractivity contribution in [1.29, 1.82) is 0 Å². The van der Waals surface area contributed by atoms with Gasteiger partial charge in [0, 0.05) is 20.6 Å². The third kappa shape index (κ3) is 9.30. The molecule has 0 saturated heterocycles. The molecule has 0 spiro atoms. The molecule has 0 bridgehead atoms. The van der Waals surface area contributed by atoms with Crippen LogP contribution in [0.3, 0.4) is 0 Å². The molecular formula is C10H18O3Si. The van der Waals surface area contributed by atoms with E-state index in [1.54, 1.807) is 0 Å². The zero-order valence-corrected chi connectivity index (χ0v) is 10.3. The topological polar surface area (TPSA) is 35.5 Å². The summed E-state index contributed by atoms with van der Waals surface area (Å²) in [5.74, 6) is 4.38. The lowest BCUT2D eigenvalue weighted by atomic mass is 10.6. The third-order valence-electron chi connectivity index (χ3n) is 1.55. The van der Waals surface area contributed by atoms with Gasteiger partial charge in [-0.15, -0.1) is 0 Å². The summed E-state index contributed by atoms with van der Waals surface area (Å²) < 4.78 is 9.61. The molecule has 0 aromatic rings. The number of carbonyl (C=O) groups excluding carboxylic acids is 1. The van der Waals surface area contributed by atoms with Crippen LogP contribution >= 0.6 is 0 Å². The van der Waals surface area contributed by atoms with Crippen LogP contribution in [0.5, 0.6) is 0 Å². The van der Waals surface area contributed by atoms with Crippen LogP contribution < -0.4 is 0 Å². The van der Waals surface area contributed by atoms with Crippen LogP contribution in [0.25, 0.3) is 0 Å². The number of methoxy groups -OCH3 is 1. The van der Waals surface area contributed by atoms with Gasteiger partial charge in [0.2, 0.25) is 0 Å². The largest absolute Gasteiger partial charge is 0.459 e. The van der Waals surface area contributed by atoms with Gasteiger partial charge in [-0.3, -0.25) is 0 Å². The lowest BCUT2D eigenvalue weighted by Gasteiger charge is -2.14. The smallest absolute Gasteiger partial charge is 0.384 e. The second-order valence-electron chi connectivity index (χ2n) is 4.16. The molecular weight excluding hydrogens is 196 g/mol. The van der Waals surface area contributed by atoms with Crippen LogP contribution in [0.1, 0.15) is 0 Å². The second kappa shape index (κ2) is 6.63. The van der Waals surface area contributed by atoms with E-state index in [1.807, 2.05) is 0 Å². The molecule has 0 rings (SSSR count). The summed E-state index contributed by atoms with van der Waals surface area (Å²) in [6, 6.07) is 1.12. The maximum Gasteiger partial charge on any atom is 0.384 e. The Morgan fingerprint density at radius 3 is 2.50 bits per heavy atom. The molecule has 0 saturated carbocycles. The zero-order chi connectivity index (χ0) is 11.0. The minimum atomic E-state index is -1.01. The standard InChI is InChI=1S/C10H18O3Si/c1-12-10(11)6-5-7-13-8-9-14(2,3)4/h7-9H2,1-4H3. The summed E-state index contributed by atoms with van der Waals surface area (Å²) in [7, 11) is 0.298. The predicted molar refractivity (Wildman–Crippen MR) is 58.8 cm³/mol. The average molecular weight is 214 g/mol. The van der Waals surface area contributed by atoms with Crippen molar-refractivity contribution in [3.63, 3.8) is 0 Å². The van der Waals surface area contributed by atoms with Crippen molar-refractivity contribution in [2.24, 2.45) is 0 Å². The number of rotatable bonds is 4. The molecule has 0 amide bonds. The molecule has 80 valence electrons. The van der Waals surface area contributed by atoms with Crippen LogP contribution in [-0.4, -0.2) is 34.4 Å². The number of hydrogen-bond acceptors (Lipinski definition) is 3. The molecule has 0 fully saturated rings. The number of hydrogen-bond donors (Lipinski definition) is 0. The van der Waals surface area contributed by atoms with Crippen molar-refractivity contribution < 1.29 is 14.3 Å². The Bertz CT molecular complexity index is 232. The van der Waals surface area contributed by atoms with Crippen molar-refractivity contribution in [1.82, 2.24) is 0 Å². The van der Waals surface area contributed by atoms with Gasteiger partial charge >= 0.3 is 5.97 Å². The maximum absolute atomic E-state index is 10.6. The SMILES string of the molecule is COC(=O)C#CCOCC[Si](C)(C)C.